The molecule has 3 rings (SSSR count). The van der Waals surface area contributed by atoms with Crippen molar-refractivity contribution in [3.63, 3.8) is 0 Å². The van der Waals surface area contributed by atoms with Gasteiger partial charge in [0.15, 0.2) is 11.5 Å². The number of methoxy groups -OCH3 is 2. The van der Waals surface area contributed by atoms with Crippen LogP contribution >= 0.6 is 11.3 Å². The van der Waals surface area contributed by atoms with Crippen molar-refractivity contribution in [3.05, 3.63) is 58.6 Å². The van der Waals surface area contributed by atoms with Crippen LogP contribution in [0.4, 0.5) is 5.69 Å². The largest absolute Gasteiger partial charge is 0.493 e. The molecule has 7 nitrogen and oxygen atoms in total. The van der Waals surface area contributed by atoms with Gasteiger partial charge in [0.2, 0.25) is 5.91 Å². The number of nitrogens with one attached hydrogen (secondary N) is 1. The molecule has 0 fully saturated rings. The molecule has 1 N–H and O–H groups in total. The first-order valence-corrected chi connectivity index (χ1v) is 10.5. The molecular weight excluding hydrogens is 414 g/mol. The summed E-state index contributed by atoms with van der Waals surface area (Å²) in [5.74, 6) is 0.540. The van der Waals surface area contributed by atoms with Gasteiger partial charge in [-0.05, 0) is 43.2 Å². The van der Waals surface area contributed by atoms with Gasteiger partial charge >= 0.3 is 0 Å². The molecule has 1 aromatic heterocycles. The van der Waals surface area contributed by atoms with Gasteiger partial charge in [-0.2, -0.15) is 0 Å². The van der Waals surface area contributed by atoms with E-state index >= 15 is 0 Å². The number of aryl methyl sites for hydroxylation is 1. The summed E-state index contributed by atoms with van der Waals surface area (Å²) in [6, 6.07) is 11.2. The number of nitrogens with zero attached hydrogens (tertiary/aromatic N) is 2. The van der Waals surface area contributed by atoms with Gasteiger partial charge < -0.3 is 19.7 Å². The zero-order valence-corrected chi connectivity index (χ0v) is 19.0. The molecule has 0 radical (unpaired) electrons. The van der Waals surface area contributed by atoms with Crippen LogP contribution in [0.25, 0.3) is 10.6 Å². The van der Waals surface area contributed by atoms with Crippen LogP contribution in [-0.4, -0.2) is 49.5 Å². The number of ether oxygens (including phenoxy) is 2. The number of amides is 2. The number of aromatic nitrogens is 1. The van der Waals surface area contributed by atoms with Crippen LogP contribution < -0.4 is 14.8 Å². The number of hydrogen-bond donors (Lipinski definition) is 1. The molecule has 0 bridgehead atoms. The highest BCUT2D eigenvalue weighted by Crippen LogP contribution is 2.39. The van der Waals surface area contributed by atoms with Gasteiger partial charge in [0.05, 0.1) is 26.3 Å². The second-order valence-corrected chi connectivity index (χ2v) is 7.89. The molecule has 2 amide bonds. The summed E-state index contributed by atoms with van der Waals surface area (Å²) >= 11 is 1.33. The maximum absolute atomic E-state index is 12.8. The van der Waals surface area contributed by atoms with Gasteiger partial charge in [-0.25, -0.2) is 4.98 Å². The summed E-state index contributed by atoms with van der Waals surface area (Å²) in [6.07, 6.45) is 0. The van der Waals surface area contributed by atoms with Gasteiger partial charge in [0.25, 0.3) is 5.91 Å². The van der Waals surface area contributed by atoms with E-state index in [0.717, 1.165) is 22.4 Å². The normalized spacial score (nSPS) is 10.5. The first-order valence-electron chi connectivity index (χ1n) is 9.64. The summed E-state index contributed by atoms with van der Waals surface area (Å²) in [6.45, 7) is 3.85. The molecule has 3 aromatic rings. The van der Waals surface area contributed by atoms with E-state index < -0.39 is 0 Å². The Morgan fingerprint density at radius 3 is 2.55 bits per heavy atom. The Morgan fingerprint density at radius 2 is 1.84 bits per heavy atom. The summed E-state index contributed by atoms with van der Waals surface area (Å²) < 4.78 is 10.8. The molecule has 2 aromatic carbocycles. The van der Waals surface area contributed by atoms with E-state index in [4.69, 9.17) is 9.47 Å². The lowest BCUT2D eigenvalue weighted by atomic mass is 10.1. The highest BCUT2D eigenvalue weighted by atomic mass is 32.1. The Hall–Kier alpha value is -3.39. The number of benzene rings is 2. The minimum Gasteiger partial charge on any atom is -0.493 e. The van der Waals surface area contributed by atoms with Crippen LogP contribution in [0.5, 0.6) is 11.5 Å². The van der Waals surface area contributed by atoms with Crippen molar-refractivity contribution in [1.29, 1.82) is 0 Å². The molecule has 0 saturated carbocycles. The molecule has 162 valence electrons. The molecular formula is C23H25N3O4S. The lowest BCUT2D eigenvalue weighted by Gasteiger charge is -2.16. The fourth-order valence-corrected chi connectivity index (χ4v) is 3.93. The second kappa shape index (κ2) is 9.61. The fourth-order valence-electron chi connectivity index (χ4n) is 3.11. The van der Waals surface area contributed by atoms with Crippen molar-refractivity contribution in [1.82, 2.24) is 9.88 Å². The van der Waals surface area contributed by atoms with E-state index in [9.17, 15) is 9.59 Å². The second-order valence-electron chi connectivity index (χ2n) is 7.04. The van der Waals surface area contributed by atoms with Crippen LogP contribution in [0.1, 0.15) is 21.6 Å². The van der Waals surface area contributed by atoms with Crippen molar-refractivity contribution >= 4 is 28.8 Å². The standard InChI is InChI=1S/C23H25N3O4S/c1-14-8-6-10-17(15(14)2)24-20(27)12-26(3)23(28)18-13-31-22(25-18)16-9-7-11-19(29-4)21(16)30-5/h6-11,13H,12H2,1-5H3,(H,24,27). The maximum Gasteiger partial charge on any atom is 0.273 e. The molecule has 0 saturated heterocycles. The zero-order chi connectivity index (χ0) is 22.5. The van der Waals surface area contributed by atoms with Crippen LogP contribution in [0.15, 0.2) is 41.8 Å². The zero-order valence-electron chi connectivity index (χ0n) is 18.2. The monoisotopic (exact) mass is 439 g/mol. The first kappa shape index (κ1) is 22.3. The summed E-state index contributed by atoms with van der Waals surface area (Å²) in [4.78, 5) is 31.1. The number of anilines is 1. The Kier molecular flexibility index (Phi) is 6.91. The van der Waals surface area contributed by atoms with Crippen molar-refractivity contribution in [3.8, 4) is 22.1 Å². The van der Waals surface area contributed by atoms with Crippen molar-refractivity contribution < 1.29 is 19.1 Å². The van der Waals surface area contributed by atoms with E-state index in [1.165, 1.54) is 16.2 Å². The van der Waals surface area contributed by atoms with Crippen LogP contribution in [0.2, 0.25) is 0 Å². The Bertz CT molecular complexity index is 1110. The summed E-state index contributed by atoms with van der Waals surface area (Å²) in [5.41, 5.74) is 3.84. The SMILES string of the molecule is COc1cccc(-c2nc(C(=O)N(C)CC(=O)Nc3cccc(C)c3C)cs2)c1OC. The molecule has 0 aliphatic carbocycles. The molecule has 1 heterocycles. The number of thiazole rings is 1. The predicted octanol–water partition coefficient (Wildman–Crippen LogP) is 4.15. The third-order valence-electron chi connectivity index (χ3n) is 4.96. The summed E-state index contributed by atoms with van der Waals surface area (Å²) in [7, 11) is 4.70. The number of hydrogen-bond acceptors (Lipinski definition) is 6. The Labute approximate surface area is 185 Å². The average molecular weight is 440 g/mol. The minimum atomic E-state index is -0.333. The average Bonchev–Trinajstić information content (AvgIpc) is 3.25. The van der Waals surface area contributed by atoms with Crippen LogP contribution in [0, 0.1) is 13.8 Å². The molecule has 0 aliphatic rings. The molecule has 0 atom stereocenters. The third kappa shape index (κ3) is 4.86. The van der Waals surface area contributed by atoms with Gasteiger partial charge in [0.1, 0.15) is 10.7 Å². The van der Waals surface area contributed by atoms with E-state index in [2.05, 4.69) is 10.3 Å². The molecule has 0 unspecified atom stereocenters. The van der Waals surface area contributed by atoms with E-state index in [1.807, 2.05) is 44.2 Å². The van der Waals surface area contributed by atoms with E-state index in [0.29, 0.717) is 16.5 Å². The highest BCUT2D eigenvalue weighted by Gasteiger charge is 2.21. The van der Waals surface area contributed by atoms with Crippen LogP contribution in [0.3, 0.4) is 0 Å². The highest BCUT2D eigenvalue weighted by molar-refractivity contribution is 7.13. The van der Waals surface area contributed by atoms with Gasteiger partial charge in [0, 0.05) is 18.1 Å². The van der Waals surface area contributed by atoms with Gasteiger partial charge in [-0.15, -0.1) is 11.3 Å². The first-order chi connectivity index (χ1) is 14.8. The van der Waals surface area contributed by atoms with E-state index in [-0.39, 0.29) is 24.1 Å². The van der Waals surface area contributed by atoms with Crippen LogP contribution in [-0.2, 0) is 4.79 Å². The summed E-state index contributed by atoms with van der Waals surface area (Å²) in [5, 5.41) is 5.17. The Balaban J connectivity index is 1.72. The van der Waals surface area contributed by atoms with Gasteiger partial charge in [-0.3, -0.25) is 9.59 Å². The third-order valence-corrected chi connectivity index (χ3v) is 5.84. The Morgan fingerprint density at radius 1 is 1.10 bits per heavy atom. The number of carbonyl (C=O) groups is 2. The fraction of sp³-hybridized carbons (Fsp3) is 0.261. The molecule has 8 heteroatoms. The topological polar surface area (TPSA) is 80.8 Å². The van der Waals surface area contributed by atoms with Crippen molar-refractivity contribution in [2.24, 2.45) is 0 Å². The molecule has 31 heavy (non-hydrogen) atoms. The minimum absolute atomic E-state index is 0.0818. The number of para-hydroxylation sites is 1. The van der Waals surface area contributed by atoms with Crippen molar-refractivity contribution in [2.45, 2.75) is 13.8 Å². The lowest BCUT2D eigenvalue weighted by Crippen LogP contribution is -2.35. The quantitative estimate of drug-likeness (QED) is 0.598. The smallest absolute Gasteiger partial charge is 0.273 e. The van der Waals surface area contributed by atoms with E-state index in [1.54, 1.807) is 32.7 Å². The lowest BCUT2D eigenvalue weighted by molar-refractivity contribution is -0.116. The molecule has 0 aliphatic heterocycles. The number of likely N-dealkylation sites (N-methyl/N-ethyl adjacent to an activating group) is 1. The number of rotatable bonds is 7. The maximum atomic E-state index is 12.8. The predicted molar refractivity (Wildman–Crippen MR) is 122 cm³/mol. The van der Waals surface area contributed by atoms with Crippen molar-refractivity contribution in [2.75, 3.05) is 33.1 Å². The van der Waals surface area contributed by atoms with Gasteiger partial charge in [-0.1, -0.05) is 18.2 Å². The molecule has 0 spiro atoms. The number of carbonyl (C=O) groups excluding carboxylic acids is 2.